The minimum Gasteiger partial charge on any atom is -0.360 e. The molecule has 3 atom stereocenters. The molecule has 0 spiro atoms. The largest absolute Gasteiger partial charge is 0.360 e. The van der Waals surface area contributed by atoms with E-state index in [-0.39, 0.29) is 17.5 Å². The molecule has 1 aromatic heterocycles. The third kappa shape index (κ3) is 1.64. The summed E-state index contributed by atoms with van der Waals surface area (Å²) in [4.78, 5) is 15.7. The first-order valence-corrected chi connectivity index (χ1v) is 7.03. The van der Waals surface area contributed by atoms with Gasteiger partial charge in [-0.05, 0) is 49.3 Å². The summed E-state index contributed by atoms with van der Waals surface area (Å²) in [6.45, 7) is 0. The zero-order chi connectivity index (χ0) is 13.0. The average molecular weight is 257 g/mol. The summed E-state index contributed by atoms with van der Waals surface area (Å²) in [5.41, 5.74) is 1.46. The molecule has 2 aliphatic rings. The Kier molecular flexibility index (Phi) is 2.32. The van der Waals surface area contributed by atoms with Crippen LogP contribution in [0.15, 0.2) is 24.4 Å². The lowest BCUT2D eigenvalue weighted by atomic mass is 9.83. The van der Waals surface area contributed by atoms with Crippen LogP contribution in [-0.4, -0.2) is 10.8 Å². The molecule has 0 radical (unpaired) electrons. The Hall–Kier alpha value is -1.64. The first-order chi connectivity index (χ1) is 9.22. The van der Waals surface area contributed by atoms with Gasteiger partial charge in [0.25, 0.3) is 0 Å². The van der Waals surface area contributed by atoms with E-state index < -0.39 is 0 Å². The van der Waals surface area contributed by atoms with Gasteiger partial charge >= 0.3 is 0 Å². The molecule has 0 amide bonds. The molecular formula is C16H16FNO. The lowest BCUT2D eigenvalue weighted by molar-refractivity contribution is 0.0876. The fraction of sp³-hybridized carbons (Fsp3) is 0.438. The van der Waals surface area contributed by atoms with Gasteiger partial charge in [-0.25, -0.2) is 4.39 Å². The fourth-order valence-electron chi connectivity index (χ4n) is 4.07. The van der Waals surface area contributed by atoms with Crippen molar-refractivity contribution in [2.75, 3.05) is 0 Å². The summed E-state index contributed by atoms with van der Waals surface area (Å²) < 4.78 is 13.2. The van der Waals surface area contributed by atoms with Crippen molar-refractivity contribution in [3.8, 4) is 0 Å². The standard InChI is InChI=1S/C16H16FNO/c17-11-3-4-12-14(8-18-15(12)7-11)16(19)13-6-9-1-2-10(13)5-9/h3-4,7-10,13,18H,1-2,5-6H2. The number of aromatic nitrogens is 1. The number of aromatic amines is 1. The van der Waals surface area contributed by atoms with Crippen molar-refractivity contribution in [1.82, 2.24) is 4.98 Å². The number of benzene rings is 1. The number of H-pyrrole nitrogens is 1. The number of hydrogen-bond acceptors (Lipinski definition) is 1. The summed E-state index contributed by atoms with van der Waals surface area (Å²) in [6.07, 6.45) is 6.54. The van der Waals surface area contributed by atoms with Gasteiger partial charge in [0, 0.05) is 28.6 Å². The van der Waals surface area contributed by atoms with E-state index >= 15 is 0 Å². The molecule has 1 aromatic carbocycles. The van der Waals surface area contributed by atoms with Crippen LogP contribution in [0, 0.1) is 23.6 Å². The van der Waals surface area contributed by atoms with Crippen LogP contribution in [0.25, 0.3) is 10.9 Å². The molecule has 4 rings (SSSR count). The van der Waals surface area contributed by atoms with Crippen LogP contribution < -0.4 is 0 Å². The predicted octanol–water partition coefficient (Wildman–Crippen LogP) is 3.93. The van der Waals surface area contributed by atoms with Crippen molar-refractivity contribution >= 4 is 16.7 Å². The Labute approximate surface area is 111 Å². The third-order valence-electron chi connectivity index (χ3n) is 4.98. The Balaban J connectivity index is 1.72. The minimum absolute atomic E-state index is 0.197. The lowest BCUT2D eigenvalue weighted by Gasteiger charge is -2.19. The highest BCUT2D eigenvalue weighted by Crippen LogP contribution is 2.49. The van der Waals surface area contributed by atoms with Crippen LogP contribution in [0.1, 0.15) is 36.0 Å². The Bertz CT molecular complexity index is 660. The third-order valence-corrected chi connectivity index (χ3v) is 4.98. The van der Waals surface area contributed by atoms with Gasteiger partial charge in [0.1, 0.15) is 5.82 Å². The van der Waals surface area contributed by atoms with Crippen molar-refractivity contribution in [2.24, 2.45) is 17.8 Å². The fourth-order valence-corrected chi connectivity index (χ4v) is 4.07. The summed E-state index contributed by atoms with van der Waals surface area (Å²) >= 11 is 0. The van der Waals surface area contributed by atoms with Gasteiger partial charge in [0.2, 0.25) is 0 Å². The van der Waals surface area contributed by atoms with E-state index in [1.54, 1.807) is 12.3 Å². The number of carbonyl (C=O) groups is 1. The normalized spacial score (nSPS) is 29.2. The molecule has 2 saturated carbocycles. The first-order valence-electron chi connectivity index (χ1n) is 7.03. The van der Waals surface area contributed by atoms with Gasteiger partial charge in [-0.15, -0.1) is 0 Å². The quantitative estimate of drug-likeness (QED) is 0.812. The maximum absolute atomic E-state index is 13.2. The van der Waals surface area contributed by atoms with Crippen molar-refractivity contribution in [3.05, 3.63) is 35.8 Å². The molecule has 1 N–H and O–H groups in total. The number of halogens is 1. The molecule has 1 heterocycles. The molecule has 2 fully saturated rings. The number of hydrogen-bond donors (Lipinski definition) is 1. The van der Waals surface area contributed by atoms with E-state index in [2.05, 4.69) is 4.98 Å². The second kappa shape index (κ2) is 3.92. The van der Waals surface area contributed by atoms with Gasteiger partial charge in [-0.3, -0.25) is 4.79 Å². The second-order valence-corrected chi connectivity index (χ2v) is 6.04. The molecule has 0 aliphatic heterocycles. The summed E-state index contributed by atoms with van der Waals surface area (Å²) in [7, 11) is 0. The summed E-state index contributed by atoms with van der Waals surface area (Å²) in [5, 5.41) is 0.856. The van der Waals surface area contributed by atoms with Crippen molar-refractivity contribution in [3.63, 3.8) is 0 Å². The van der Waals surface area contributed by atoms with E-state index in [0.717, 1.165) is 23.3 Å². The van der Waals surface area contributed by atoms with Gasteiger partial charge < -0.3 is 4.98 Å². The van der Waals surface area contributed by atoms with Crippen LogP contribution in [-0.2, 0) is 0 Å². The highest BCUT2D eigenvalue weighted by atomic mass is 19.1. The topological polar surface area (TPSA) is 32.9 Å². The number of nitrogens with one attached hydrogen (secondary N) is 1. The number of fused-ring (bicyclic) bond motifs is 3. The van der Waals surface area contributed by atoms with Gasteiger partial charge in [-0.1, -0.05) is 6.42 Å². The van der Waals surface area contributed by atoms with Gasteiger partial charge in [0.05, 0.1) is 0 Å². The molecule has 19 heavy (non-hydrogen) atoms. The van der Waals surface area contributed by atoms with Crippen molar-refractivity contribution in [2.45, 2.75) is 25.7 Å². The van der Waals surface area contributed by atoms with E-state index in [1.807, 2.05) is 0 Å². The molecule has 3 unspecified atom stereocenters. The maximum atomic E-state index is 13.2. The van der Waals surface area contributed by atoms with Gasteiger partial charge in [-0.2, -0.15) is 0 Å². The van der Waals surface area contributed by atoms with E-state index in [4.69, 9.17) is 0 Å². The smallest absolute Gasteiger partial charge is 0.168 e. The van der Waals surface area contributed by atoms with Crippen LogP contribution >= 0.6 is 0 Å². The van der Waals surface area contributed by atoms with Gasteiger partial charge in [0.15, 0.2) is 5.78 Å². The molecule has 3 heteroatoms. The molecule has 2 aliphatic carbocycles. The monoisotopic (exact) mass is 257 g/mol. The Morgan fingerprint density at radius 2 is 2.16 bits per heavy atom. The molecule has 98 valence electrons. The first kappa shape index (κ1) is 11.2. The highest BCUT2D eigenvalue weighted by Gasteiger charge is 2.43. The molecule has 2 bridgehead atoms. The Morgan fingerprint density at radius 3 is 2.89 bits per heavy atom. The molecule has 0 saturated heterocycles. The van der Waals surface area contributed by atoms with E-state index in [0.29, 0.717) is 11.4 Å². The molecule has 2 aromatic rings. The number of Topliss-reactive ketones (excluding diaryl/α,β-unsaturated/α-hetero) is 1. The lowest BCUT2D eigenvalue weighted by Crippen LogP contribution is -2.20. The Morgan fingerprint density at radius 1 is 1.26 bits per heavy atom. The number of ketones is 1. The second-order valence-electron chi connectivity index (χ2n) is 6.04. The van der Waals surface area contributed by atoms with E-state index in [9.17, 15) is 9.18 Å². The van der Waals surface area contributed by atoms with Crippen LogP contribution in [0.4, 0.5) is 4.39 Å². The van der Waals surface area contributed by atoms with Crippen LogP contribution in [0.5, 0.6) is 0 Å². The predicted molar refractivity (Wildman–Crippen MR) is 71.5 cm³/mol. The molecular weight excluding hydrogens is 241 g/mol. The zero-order valence-corrected chi connectivity index (χ0v) is 10.7. The van der Waals surface area contributed by atoms with Crippen LogP contribution in [0.3, 0.4) is 0 Å². The van der Waals surface area contributed by atoms with Crippen molar-refractivity contribution < 1.29 is 9.18 Å². The number of carbonyl (C=O) groups excluding carboxylic acids is 1. The SMILES string of the molecule is O=C(c1c[nH]c2cc(F)ccc12)C1CC2CCC1C2. The average Bonchev–Trinajstić information content (AvgIpc) is 3.11. The summed E-state index contributed by atoms with van der Waals surface area (Å²) in [6, 6.07) is 4.59. The molecule has 2 nitrogen and oxygen atoms in total. The maximum Gasteiger partial charge on any atom is 0.168 e. The van der Waals surface area contributed by atoms with Crippen molar-refractivity contribution in [1.29, 1.82) is 0 Å². The minimum atomic E-state index is -0.270. The van der Waals surface area contributed by atoms with Crippen LogP contribution in [0.2, 0.25) is 0 Å². The number of rotatable bonds is 2. The highest BCUT2D eigenvalue weighted by molar-refractivity contribution is 6.09. The summed E-state index contributed by atoms with van der Waals surface area (Å²) in [5.74, 6) is 1.53. The van der Waals surface area contributed by atoms with E-state index in [1.165, 1.54) is 31.4 Å². The zero-order valence-electron chi connectivity index (χ0n) is 10.7.